The molecule has 1 heterocycles. The van der Waals surface area contributed by atoms with Gasteiger partial charge in [0.2, 0.25) is 11.8 Å². The van der Waals surface area contributed by atoms with E-state index in [0.717, 1.165) is 24.8 Å². The minimum atomic E-state index is -0.695. The van der Waals surface area contributed by atoms with Crippen LogP contribution in [0.25, 0.3) is 0 Å². The van der Waals surface area contributed by atoms with Crippen molar-refractivity contribution in [1.82, 2.24) is 0 Å². The second-order valence-electron chi connectivity index (χ2n) is 10.7. The third kappa shape index (κ3) is 4.42. The lowest BCUT2D eigenvalue weighted by Crippen LogP contribution is -2.33. The first kappa shape index (κ1) is 25.0. The Balaban J connectivity index is 1.14. The summed E-state index contributed by atoms with van der Waals surface area (Å²) in [6.45, 7) is 1.55. The number of nitrogens with zero attached hydrogens (tertiary/aromatic N) is 1. The molecule has 3 aliphatic rings. The Morgan fingerprint density at radius 2 is 1.64 bits per heavy atom. The number of para-hydroxylation sites is 1. The molecule has 7 nitrogen and oxygen atoms in total. The zero-order chi connectivity index (χ0) is 27.1. The van der Waals surface area contributed by atoms with Gasteiger partial charge in [-0.05, 0) is 72.4 Å². The number of amides is 3. The molecule has 5 atom stereocenters. The summed E-state index contributed by atoms with van der Waals surface area (Å²) < 4.78 is 5.25. The van der Waals surface area contributed by atoms with Gasteiger partial charge in [-0.1, -0.05) is 61.5 Å². The van der Waals surface area contributed by atoms with Crippen molar-refractivity contribution in [2.24, 2.45) is 23.7 Å². The number of benzene rings is 3. The first-order valence-electron chi connectivity index (χ1n) is 13.5. The maximum absolute atomic E-state index is 13.6. The number of imide groups is 1. The van der Waals surface area contributed by atoms with E-state index in [0.29, 0.717) is 11.4 Å². The van der Waals surface area contributed by atoms with Gasteiger partial charge in [0, 0.05) is 5.69 Å². The van der Waals surface area contributed by atoms with Crippen LogP contribution in [-0.4, -0.2) is 30.3 Å². The van der Waals surface area contributed by atoms with Gasteiger partial charge in [0.1, 0.15) is 0 Å². The Labute approximate surface area is 227 Å². The first-order chi connectivity index (χ1) is 19.0. The Hall–Kier alpha value is -4.26. The number of rotatable bonds is 7. The fourth-order valence-electron chi connectivity index (χ4n) is 6.92. The van der Waals surface area contributed by atoms with Crippen molar-refractivity contribution in [2.75, 3.05) is 16.8 Å². The molecule has 1 aliphatic heterocycles. The summed E-state index contributed by atoms with van der Waals surface area (Å²) in [7, 11) is 0. The number of carbonyl (C=O) groups excluding carboxylic acids is 4. The summed E-state index contributed by atoms with van der Waals surface area (Å²) in [5.74, 6) is -1.50. The van der Waals surface area contributed by atoms with E-state index in [9.17, 15) is 19.2 Å². The summed E-state index contributed by atoms with van der Waals surface area (Å²) in [5.41, 5.74) is 3.44. The van der Waals surface area contributed by atoms with E-state index in [1.54, 1.807) is 24.3 Å². The molecule has 2 bridgehead atoms. The fraction of sp³-hybridized carbons (Fsp3) is 0.312. The lowest BCUT2D eigenvalue weighted by Gasteiger charge is -2.28. The zero-order valence-corrected chi connectivity index (χ0v) is 21.7. The molecular weight excluding hydrogens is 492 g/mol. The van der Waals surface area contributed by atoms with E-state index in [-0.39, 0.29) is 47.0 Å². The Morgan fingerprint density at radius 1 is 0.897 bits per heavy atom. The molecule has 3 fully saturated rings. The lowest BCUT2D eigenvalue weighted by atomic mass is 9.73. The van der Waals surface area contributed by atoms with Crippen LogP contribution in [0.5, 0.6) is 0 Å². The normalized spacial score (nSPS) is 25.1. The number of anilines is 2. The molecule has 0 unspecified atom stereocenters. The Kier molecular flexibility index (Phi) is 6.51. The molecule has 2 saturated carbocycles. The molecule has 3 amide bonds. The molecule has 1 N–H and O–H groups in total. The van der Waals surface area contributed by atoms with Crippen molar-refractivity contribution in [3.05, 3.63) is 95.6 Å². The van der Waals surface area contributed by atoms with E-state index < -0.39 is 18.5 Å². The van der Waals surface area contributed by atoms with Crippen molar-refractivity contribution in [2.45, 2.75) is 32.1 Å². The predicted molar refractivity (Wildman–Crippen MR) is 146 cm³/mol. The largest absolute Gasteiger partial charge is 0.452 e. The van der Waals surface area contributed by atoms with Crippen molar-refractivity contribution in [1.29, 1.82) is 0 Å². The molecule has 3 aromatic carbocycles. The van der Waals surface area contributed by atoms with Gasteiger partial charge in [-0.3, -0.25) is 19.3 Å². The van der Waals surface area contributed by atoms with E-state index in [2.05, 4.69) is 17.4 Å². The summed E-state index contributed by atoms with van der Waals surface area (Å²) >= 11 is 0. The van der Waals surface area contributed by atoms with E-state index in [1.165, 1.54) is 16.5 Å². The number of carbonyl (C=O) groups is 4. The number of esters is 1. The number of fused-ring (bicyclic) bond motifs is 5. The minimum Gasteiger partial charge on any atom is -0.452 e. The molecule has 0 radical (unpaired) electrons. The second kappa shape index (κ2) is 10.1. The zero-order valence-electron chi connectivity index (χ0n) is 21.7. The number of hydrogen-bond donors (Lipinski definition) is 1. The number of ether oxygens (including phenoxy) is 1. The van der Waals surface area contributed by atoms with Crippen molar-refractivity contribution < 1.29 is 23.9 Å². The highest BCUT2D eigenvalue weighted by Crippen LogP contribution is 2.61. The van der Waals surface area contributed by atoms with Crippen LogP contribution in [-0.2, 0) is 25.5 Å². The molecule has 6 rings (SSSR count). The molecule has 0 aromatic heterocycles. The number of aryl methyl sites for hydroxylation is 1. The highest BCUT2D eigenvalue weighted by molar-refractivity contribution is 6.23. The first-order valence-corrected chi connectivity index (χ1v) is 13.5. The average Bonchev–Trinajstić information content (AvgIpc) is 3.63. The van der Waals surface area contributed by atoms with Gasteiger partial charge in [0.05, 0.1) is 23.1 Å². The van der Waals surface area contributed by atoms with Crippen LogP contribution in [0.15, 0.2) is 78.9 Å². The molecule has 3 aromatic rings. The average molecular weight is 523 g/mol. The van der Waals surface area contributed by atoms with Crippen LogP contribution in [0.1, 0.15) is 47.2 Å². The van der Waals surface area contributed by atoms with Crippen LogP contribution < -0.4 is 10.2 Å². The smallest absolute Gasteiger partial charge is 0.338 e. The highest BCUT2D eigenvalue weighted by Gasteiger charge is 2.64. The molecule has 198 valence electrons. The van der Waals surface area contributed by atoms with Crippen LogP contribution in [0.3, 0.4) is 0 Å². The number of nitrogens with one attached hydrogen (secondary N) is 1. The Morgan fingerprint density at radius 3 is 2.44 bits per heavy atom. The van der Waals surface area contributed by atoms with Crippen LogP contribution in [0.4, 0.5) is 11.4 Å². The maximum atomic E-state index is 13.6. The third-order valence-electron chi connectivity index (χ3n) is 8.59. The van der Waals surface area contributed by atoms with E-state index in [4.69, 9.17) is 4.74 Å². The van der Waals surface area contributed by atoms with Crippen LogP contribution in [0, 0.1) is 23.7 Å². The van der Waals surface area contributed by atoms with Gasteiger partial charge < -0.3 is 10.1 Å². The standard InChI is InChI=1S/C32H30N2O5/c1-2-19-9-6-7-14-26(19)33-27(35)18-39-32(38)21-12-8-13-23(15-21)34-30(36)28-22-16-24(20-10-4-3-5-11-20)25(17-22)29(28)31(34)37/h3-15,22,24-25,28-29H,2,16-18H2,1H3,(H,33,35)/t22-,24+,25+,28+,29+/m0/s1. The summed E-state index contributed by atoms with van der Waals surface area (Å²) in [6.07, 6.45) is 2.57. The highest BCUT2D eigenvalue weighted by atomic mass is 16.5. The van der Waals surface area contributed by atoms with Gasteiger partial charge in [-0.15, -0.1) is 0 Å². The Bertz CT molecular complexity index is 1450. The van der Waals surface area contributed by atoms with Crippen molar-refractivity contribution in [3.63, 3.8) is 0 Å². The second-order valence-corrected chi connectivity index (χ2v) is 10.7. The number of hydrogen-bond acceptors (Lipinski definition) is 5. The minimum absolute atomic E-state index is 0.147. The summed E-state index contributed by atoms with van der Waals surface area (Å²) in [6, 6.07) is 24.0. The molecule has 2 aliphatic carbocycles. The van der Waals surface area contributed by atoms with Gasteiger partial charge >= 0.3 is 5.97 Å². The van der Waals surface area contributed by atoms with E-state index in [1.807, 2.05) is 43.3 Å². The van der Waals surface area contributed by atoms with Gasteiger partial charge in [0.15, 0.2) is 6.61 Å². The predicted octanol–water partition coefficient (Wildman–Crippen LogP) is 4.97. The lowest BCUT2D eigenvalue weighted by molar-refractivity contribution is -0.123. The third-order valence-corrected chi connectivity index (χ3v) is 8.59. The van der Waals surface area contributed by atoms with Crippen molar-refractivity contribution in [3.8, 4) is 0 Å². The molecule has 7 heteroatoms. The quantitative estimate of drug-likeness (QED) is 0.349. The summed E-state index contributed by atoms with van der Waals surface area (Å²) in [5, 5.41) is 2.77. The molecule has 1 saturated heterocycles. The van der Waals surface area contributed by atoms with Gasteiger partial charge in [0.25, 0.3) is 5.91 Å². The molecule has 39 heavy (non-hydrogen) atoms. The SMILES string of the molecule is CCc1ccccc1NC(=O)COC(=O)c1cccc(N2C(=O)[C@@H]3[C@@H]4C[C@@H]([C@H]3C2=O)[C@@H](c2ccccc2)C4)c1. The summed E-state index contributed by atoms with van der Waals surface area (Å²) in [4.78, 5) is 53.5. The van der Waals surface area contributed by atoms with Crippen LogP contribution in [0.2, 0.25) is 0 Å². The van der Waals surface area contributed by atoms with Gasteiger partial charge in [-0.25, -0.2) is 4.79 Å². The van der Waals surface area contributed by atoms with E-state index >= 15 is 0 Å². The monoisotopic (exact) mass is 522 g/mol. The van der Waals surface area contributed by atoms with Gasteiger partial charge in [-0.2, -0.15) is 0 Å². The van der Waals surface area contributed by atoms with Crippen LogP contribution >= 0.6 is 0 Å². The van der Waals surface area contributed by atoms with Crippen molar-refractivity contribution >= 4 is 35.1 Å². The molecule has 0 spiro atoms. The maximum Gasteiger partial charge on any atom is 0.338 e. The molecular formula is C32H30N2O5. The topological polar surface area (TPSA) is 92.8 Å². The fourth-order valence-corrected chi connectivity index (χ4v) is 6.92.